The van der Waals surface area contributed by atoms with Crippen molar-refractivity contribution in [2.75, 3.05) is 17.3 Å². The molecule has 2 aromatic rings. The lowest BCUT2D eigenvalue weighted by Crippen LogP contribution is -2.36. The van der Waals surface area contributed by atoms with Gasteiger partial charge in [-0.1, -0.05) is 38.1 Å². The highest BCUT2D eigenvalue weighted by Gasteiger charge is 2.14. The molecule has 5 heteroatoms. The molecule has 2 aromatic carbocycles. The monoisotopic (exact) mass is 367 g/mol. The minimum atomic E-state index is -0.257. The average molecular weight is 367 g/mol. The molecule has 0 fully saturated rings. The first-order valence-electron chi connectivity index (χ1n) is 9.37. The predicted molar refractivity (Wildman–Crippen MR) is 111 cm³/mol. The van der Waals surface area contributed by atoms with E-state index in [-0.39, 0.29) is 18.0 Å². The topological polar surface area (TPSA) is 61.4 Å². The van der Waals surface area contributed by atoms with E-state index in [9.17, 15) is 9.59 Å². The maximum absolute atomic E-state index is 12.7. The zero-order valence-electron chi connectivity index (χ0n) is 16.5. The van der Waals surface area contributed by atoms with Crippen LogP contribution in [-0.4, -0.2) is 25.0 Å². The van der Waals surface area contributed by atoms with Crippen LogP contribution in [0, 0.1) is 5.92 Å². The minimum Gasteiger partial charge on any atom is -0.335 e. The number of hydrogen-bond donors (Lipinski definition) is 2. The Balaban J connectivity index is 1.98. The second kappa shape index (κ2) is 9.76. The first kappa shape index (κ1) is 20.5. The Hall–Kier alpha value is -2.82. The molecule has 2 rings (SSSR count). The number of benzene rings is 2. The SMILES string of the molecule is CC(C)CCC(C)NC(=O)Nc1cccc(C(=O)N(C)c2ccccc2)c1. The van der Waals surface area contributed by atoms with E-state index in [4.69, 9.17) is 0 Å². The summed E-state index contributed by atoms with van der Waals surface area (Å²) in [6, 6.07) is 16.3. The molecule has 0 aliphatic carbocycles. The van der Waals surface area contributed by atoms with Gasteiger partial charge in [-0.25, -0.2) is 4.79 Å². The van der Waals surface area contributed by atoms with Crippen molar-refractivity contribution in [1.29, 1.82) is 0 Å². The van der Waals surface area contributed by atoms with Crippen LogP contribution < -0.4 is 15.5 Å². The molecular weight excluding hydrogens is 338 g/mol. The van der Waals surface area contributed by atoms with Crippen LogP contribution in [0.25, 0.3) is 0 Å². The molecule has 0 radical (unpaired) electrons. The van der Waals surface area contributed by atoms with Crippen molar-refractivity contribution in [3.05, 3.63) is 60.2 Å². The zero-order valence-corrected chi connectivity index (χ0v) is 16.5. The lowest BCUT2D eigenvalue weighted by molar-refractivity contribution is 0.0993. The standard InChI is InChI=1S/C22H29N3O2/c1-16(2)13-14-17(3)23-22(27)24-19-10-8-9-18(15-19)21(26)25(4)20-11-6-5-7-12-20/h5-12,15-17H,13-14H2,1-4H3,(H2,23,24,27). The number of carbonyl (C=O) groups excluding carboxylic acids is 2. The molecule has 0 heterocycles. The van der Waals surface area contributed by atoms with E-state index in [2.05, 4.69) is 24.5 Å². The summed E-state index contributed by atoms with van der Waals surface area (Å²) >= 11 is 0. The molecule has 1 unspecified atom stereocenters. The van der Waals surface area contributed by atoms with Gasteiger partial charge in [0.1, 0.15) is 0 Å². The summed E-state index contributed by atoms with van der Waals surface area (Å²) in [6.07, 6.45) is 2.00. The molecule has 0 saturated carbocycles. The maximum Gasteiger partial charge on any atom is 0.319 e. The van der Waals surface area contributed by atoms with Crippen LogP contribution in [0.1, 0.15) is 44.0 Å². The third-order valence-corrected chi connectivity index (χ3v) is 4.37. The van der Waals surface area contributed by atoms with Gasteiger partial charge in [0.2, 0.25) is 0 Å². The molecule has 144 valence electrons. The molecule has 0 aliphatic heterocycles. The fraction of sp³-hybridized carbons (Fsp3) is 0.364. The minimum absolute atomic E-state index is 0.0985. The summed E-state index contributed by atoms with van der Waals surface area (Å²) in [6.45, 7) is 6.33. The van der Waals surface area contributed by atoms with E-state index >= 15 is 0 Å². The number of hydrogen-bond acceptors (Lipinski definition) is 2. The second-order valence-corrected chi connectivity index (χ2v) is 7.25. The van der Waals surface area contributed by atoms with Crippen molar-refractivity contribution < 1.29 is 9.59 Å². The summed E-state index contributed by atoms with van der Waals surface area (Å²) in [5, 5.41) is 5.75. The predicted octanol–water partition coefficient (Wildman–Crippen LogP) is 4.91. The summed E-state index contributed by atoms with van der Waals surface area (Å²) in [5.41, 5.74) is 1.93. The summed E-state index contributed by atoms with van der Waals surface area (Å²) in [7, 11) is 1.74. The van der Waals surface area contributed by atoms with E-state index < -0.39 is 0 Å². The van der Waals surface area contributed by atoms with Gasteiger partial charge in [-0.2, -0.15) is 0 Å². The summed E-state index contributed by atoms with van der Waals surface area (Å²) < 4.78 is 0. The van der Waals surface area contributed by atoms with Crippen molar-refractivity contribution >= 4 is 23.3 Å². The second-order valence-electron chi connectivity index (χ2n) is 7.25. The number of carbonyl (C=O) groups is 2. The summed E-state index contributed by atoms with van der Waals surface area (Å²) in [5.74, 6) is 0.483. The van der Waals surface area contributed by atoms with Crippen LogP contribution in [0.3, 0.4) is 0 Å². The number of nitrogens with zero attached hydrogens (tertiary/aromatic N) is 1. The first-order chi connectivity index (χ1) is 12.9. The molecule has 0 aromatic heterocycles. The highest BCUT2D eigenvalue weighted by Crippen LogP contribution is 2.17. The van der Waals surface area contributed by atoms with Crippen LogP contribution in [0.15, 0.2) is 54.6 Å². The van der Waals surface area contributed by atoms with E-state index in [1.54, 1.807) is 36.2 Å². The number of urea groups is 1. The molecule has 0 aliphatic rings. The van der Waals surface area contributed by atoms with Gasteiger partial charge in [-0.3, -0.25) is 4.79 Å². The van der Waals surface area contributed by atoms with Gasteiger partial charge in [0, 0.05) is 30.0 Å². The summed E-state index contributed by atoms with van der Waals surface area (Å²) in [4.78, 5) is 26.5. The van der Waals surface area contributed by atoms with E-state index in [1.165, 1.54) is 0 Å². The van der Waals surface area contributed by atoms with Crippen molar-refractivity contribution in [3.63, 3.8) is 0 Å². The number of anilines is 2. The Kier molecular flexibility index (Phi) is 7.41. The van der Waals surface area contributed by atoms with Gasteiger partial charge < -0.3 is 15.5 Å². The largest absolute Gasteiger partial charge is 0.335 e. The van der Waals surface area contributed by atoms with Crippen LogP contribution in [0.4, 0.5) is 16.2 Å². The van der Waals surface area contributed by atoms with E-state index in [0.29, 0.717) is 17.2 Å². The highest BCUT2D eigenvalue weighted by atomic mass is 16.2. The van der Waals surface area contributed by atoms with Crippen molar-refractivity contribution in [1.82, 2.24) is 5.32 Å². The Morgan fingerprint density at radius 1 is 0.963 bits per heavy atom. The third-order valence-electron chi connectivity index (χ3n) is 4.37. The van der Waals surface area contributed by atoms with Crippen LogP contribution >= 0.6 is 0 Å². The molecule has 1 atom stereocenters. The Labute approximate surface area is 161 Å². The van der Waals surface area contributed by atoms with Gasteiger partial charge in [-0.05, 0) is 56.0 Å². The molecule has 27 heavy (non-hydrogen) atoms. The Morgan fingerprint density at radius 3 is 2.33 bits per heavy atom. The zero-order chi connectivity index (χ0) is 19.8. The quantitative estimate of drug-likeness (QED) is 0.730. The lowest BCUT2D eigenvalue weighted by Gasteiger charge is -2.18. The van der Waals surface area contributed by atoms with Crippen LogP contribution in [0.5, 0.6) is 0 Å². The fourth-order valence-electron chi connectivity index (χ4n) is 2.74. The molecule has 0 saturated heterocycles. The molecular formula is C22H29N3O2. The number of para-hydroxylation sites is 1. The Bertz CT molecular complexity index is 759. The van der Waals surface area contributed by atoms with Crippen molar-refractivity contribution in [2.24, 2.45) is 5.92 Å². The van der Waals surface area contributed by atoms with Crippen molar-refractivity contribution in [2.45, 2.75) is 39.7 Å². The van der Waals surface area contributed by atoms with Crippen LogP contribution in [-0.2, 0) is 0 Å². The smallest absolute Gasteiger partial charge is 0.319 e. The highest BCUT2D eigenvalue weighted by molar-refractivity contribution is 6.06. The molecule has 0 spiro atoms. The molecule has 5 nitrogen and oxygen atoms in total. The average Bonchev–Trinajstić information content (AvgIpc) is 2.66. The Morgan fingerprint density at radius 2 is 1.67 bits per heavy atom. The molecule has 2 N–H and O–H groups in total. The molecule has 0 bridgehead atoms. The van der Waals surface area contributed by atoms with E-state index in [1.807, 2.05) is 37.3 Å². The maximum atomic E-state index is 12.7. The number of amides is 3. The first-order valence-corrected chi connectivity index (χ1v) is 9.37. The van der Waals surface area contributed by atoms with Gasteiger partial charge in [0.25, 0.3) is 5.91 Å². The fourth-order valence-corrected chi connectivity index (χ4v) is 2.74. The lowest BCUT2D eigenvalue weighted by atomic mass is 10.0. The van der Waals surface area contributed by atoms with E-state index in [0.717, 1.165) is 18.5 Å². The van der Waals surface area contributed by atoms with Gasteiger partial charge in [0.05, 0.1) is 0 Å². The van der Waals surface area contributed by atoms with Crippen molar-refractivity contribution in [3.8, 4) is 0 Å². The van der Waals surface area contributed by atoms with Gasteiger partial charge >= 0.3 is 6.03 Å². The molecule has 3 amide bonds. The van der Waals surface area contributed by atoms with Crippen LogP contribution in [0.2, 0.25) is 0 Å². The van der Waals surface area contributed by atoms with Gasteiger partial charge in [0.15, 0.2) is 0 Å². The number of nitrogens with one attached hydrogen (secondary N) is 2. The number of rotatable bonds is 7. The van der Waals surface area contributed by atoms with Gasteiger partial charge in [-0.15, -0.1) is 0 Å². The third kappa shape index (κ3) is 6.44. The normalized spacial score (nSPS) is 11.7.